The maximum Gasteiger partial charge on any atom is 0.0556 e. The lowest BCUT2D eigenvalue weighted by molar-refractivity contribution is 0.752. The van der Waals surface area contributed by atoms with Crippen molar-refractivity contribution in [3.8, 4) is 5.69 Å². The number of fused-ring (bicyclic) bond motifs is 4. The summed E-state index contributed by atoms with van der Waals surface area (Å²) in [7, 11) is 0. The third-order valence-electron chi connectivity index (χ3n) is 15.1. The molecule has 1 atom stereocenters. The summed E-state index contributed by atoms with van der Waals surface area (Å²) in [5, 5.41) is 2.57. The van der Waals surface area contributed by atoms with Gasteiger partial charge in [-0.05, 0) is 140 Å². The number of anilines is 5. The van der Waals surface area contributed by atoms with Gasteiger partial charge in [0.2, 0.25) is 0 Å². The molecule has 4 heteroatoms. The number of para-hydroxylation sites is 6. The van der Waals surface area contributed by atoms with Gasteiger partial charge in [0.1, 0.15) is 0 Å². The lowest BCUT2D eigenvalue weighted by Crippen LogP contribution is -2.32. The zero-order valence-electron chi connectivity index (χ0n) is 93.3. The van der Waals surface area contributed by atoms with E-state index >= 15 is 0 Å². The molecule has 1 aliphatic carbocycles. The molecule has 2 heterocycles. The summed E-state index contributed by atoms with van der Waals surface area (Å²) in [4.78, 5) is 6.87. The summed E-state index contributed by atoms with van der Waals surface area (Å²) < 4.78 is 2.33. The van der Waals surface area contributed by atoms with E-state index < -0.39 is 0 Å². The Morgan fingerprint density at radius 3 is 1.14 bits per heavy atom. The van der Waals surface area contributed by atoms with Gasteiger partial charge >= 0.3 is 0 Å². The average molecular weight is 1800 g/mol. The number of rotatable bonds is 19. The molecule has 0 bridgehead atoms. The zero-order chi connectivity index (χ0) is 105. The van der Waals surface area contributed by atoms with Crippen LogP contribution in [-0.2, 0) is 6.42 Å². The van der Waals surface area contributed by atoms with Crippen LogP contribution in [0.15, 0.2) is 408 Å². The second kappa shape index (κ2) is 124. The molecule has 736 valence electrons. The molecule has 1 aromatic heterocycles. The second-order valence-electron chi connectivity index (χ2n) is 21.7. The first-order chi connectivity index (χ1) is 65.2. The molecule has 0 N–H and O–H groups in total. The van der Waals surface area contributed by atoms with E-state index in [0.29, 0.717) is 6.04 Å². The van der Waals surface area contributed by atoms with Crippen LogP contribution in [0.5, 0.6) is 0 Å². The summed E-state index contributed by atoms with van der Waals surface area (Å²) >= 11 is 0. The Morgan fingerprint density at radius 2 is 0.705 bits per heavy atom. The van der Waals surface area contributed by atoms with Crippen LogP contribution in [0.3, 0.4) is 0 Å². The van der Waals surface area contributed by atoms with E-state index in [1.165, 1.54) is 61.3 Å². The fourth-order valence-electron chi connectivity index (χ4n) is 10.7. The second-order valence-corrected chi connectivity index (χ2v) is 21.7. The first kappa shape index (κ1) is 149. The van der Waals surface area contributed by atoms with Crippen LogP contribution in [0.25, 0.3) is 39.6 Å². The maximum absolute atomic E-state index is 4.23. The van der Waals surface area contributed by atoms with Gasteiger partial charge in [-0.15, -0.1) is 0 Å². The Kier molecular flexibility index (Phi) is 140. The van der Waals surface area contributed by atoms with Gasteiger partial charge in [-0.1, -0.05) is 589 Å². The van der Waals surface area contributed by atoms with Gasteiger partial charge in [0.15, 0.2) is 0 Å². The topological polar surface area (TPSA) is 14.7 Å². The lowest BCUT2D eigenvalue weighted by Gasteiger charge is -2.33. The van der Waals surface area contributed by atoms with Crippen molar-refractivity contribution in [2.24, 2.45) is 0 Å². The van der Waals surface area contributed by atoms with Gasteiger partial charge in [-0.2, -0.15) is 0 Å². The van der Waals surface area contributed by atoms with Crippen LogP contribution in [0, 0.1) is 0 Å². The molecule has 132 heavy (non-hydrogen) atoms. The molecular formula is C128H204N4. The van der Waals surface area contributed by atoms with Gasteiger partial charge in [0.25, 0.3) is 0 Å². The van der Waals surface area contributed by atoms with Gasteiger partial charge in [0, 0.05) is 62.8 Å². The smallest absolute Gasteiger partial charge is 0.0556 e. The highest BCUT2D eigenvalue weighted by Gasteiger charge is 2.19. The number of benzene rings is 8. The van der Waals surface area contributed by atoms with Crippen LogP contribution in [0.2, 0.25) is 0 Å². The Morgan fingerprint density at radius 1 is 0.333 bits per heavy atom. The van der Waals surface area contributed by atoms with Gasteiger partial charge in [-0.25, -0.2) is 0 Å². The predicted molar refractivity (Wildman–Crippen MR) is 632 cm³/mol. The Balaban J connectivity index is -0.000000115. The first-order valence-corrected chi connectivity index (χ1v) is 51.2. The Bertz CT molecular complexity index is 4190. The molecule has 2 aliphatic rings. The molecule has 8 aromatic carbocycles. The van der Waals surface area contributed by atoms with Crippen molar-refractivity contribution in [1.82, 2.24) is 4.57 Å². The van der Waals surface area contributed by atoms with Crippen LogP contribution >= 0.6 is 0 Å². The summed E-state index contributed by atoms with van der Waals surface area (Å²) in [6.07, 6.45) is 50.5. The molecule has 9 aromatic rings. The average Bonchev–Trinajstić information content (AvgIpc) is 1.60. The van der Waals surface area contributed by atoms with Crippen LogP contribution in [0.1, 0.15) is 314 Å². The summed E-state index contributed by atoms with van der Waals surface area (Å²) in [6, 6.07) is 74.4. The SMILES string of the molecule is C=C/C=C/C(=C)/C=C\C(=C)N1C/C=C\C=C/Cc2ccccc21.C=C/C=C/C(C)=C/C=C(\C)N(c1ccccc1)C1C=CC=CC1.C=C/C=C/c1cccc(-n2c3ccccc3c3ccccc32)c1.C=C/C=C/c1cccc(N(c2ccccc2)c2ccccc2)c1.CC.CC.CC.CC.CC.CC.CC.CC.CC.CC.CC.CC.CC.CC.CC.CC.CC.CC.CC.CC. The molecule has 1 unspecified atom stereocenters. The van der Waals surface area contributed by atoms with Crippen LogP contribution < -0.4 is 14.7 Å². The predicted octanol–water partition coefficient (Wildman–Crippen LogP) is 44.4. The molecule has 0 saturated heterocycles. The summed E-state index contributed by atoms with van der Waals surface area (Å²) in [5.74, 6) is 0. The van der Waals surface area contributed by atoms with Crippen molar-refractivity contribution in [3.05, 3.63) is 425 Å². The van der Waals surface area contributed by atoms with Crippen molar-refractivity contribution < 1.29 is 0 Å². The molecule has 0 radical (unpaired) electrons. The third-order valence-corrected chi connectivity index (χ3v) is 15.1. The van der Waals surface area contributed by atoms with E-state index in [1.54, 1.807) is 24.3 Å². The van der Waals surface area contributed by atoms with E-state index in [4.69, 9.17) is 0 Å². The molecule has 0 spiro atoms. The highest BCUT2D eigenvalue weighted by Crippen LogP contribution is 2.36. The number of allylic oxidation sites excluding steroid dienone is 22. The van der Waals surface area contributed by atoms with Crippen molar-refractivity contribution >= 4 is 62.4 Å². The number of aromatic nitrogens is 1. The zero-order valence-corrected chi connectivity index (χ0v) is 93.3. The van der Waals surface area contributed by atoms with Crippen molar-refractivity contribution in [2.75, 3.05) is 21.2 Å². The molecular weight excluding hydrogens is 1590 g/mol. The maximum atomic E-state index is 4.23. The normalized spacial score (nSPS) is 11.0. The molecule has 4 nitrogen and oxygen atoms in total. The standard InChI is InChI=1S/C22H17N.C22H19N.C22H25N.C22H23N.20C2H6/c1-2-3-9-17-10-8-11-18(16-17)23-21-14-6-4-12-19(21)20-13-5-7-15-22(20)23;1-2-3-11-19-12-10-17-22(18-19)23(20-13-6-4-7-14-20)21-15-8-5-9-16-21;1-4-5-12-19(2)17-18-20(3)23(21-13-8-6-9-14-21)22-15-10-7-11-16-22;1-4-5-12-19(2)16-17-20(3)23-18-11-7-6-8-13-21-14-9-10-15-22(21)23;20*1-2/h2-16H,1H2;2-18H,1H2;4-15,17-18,22H,1,16H2,2-3H3;4-12,14-17H,1-3,13,18H2;20*1-2H3/b9-3+;11-3+;12-5+,19-17+,20-18+;8-6-,11-7-,12-5+,17-16-;;;;;;;;;;;;;;;;;;;;. The third kappa shape index (κ3) is 66.8. The van der Waals surface area contributed by atoms with E-state index in [1.807, 2.05) is 332 Å². The monoisotopic (exact) mass is 1800 g/mol. The lowest BCUT2D eigenvalue weighted by atomic mass is 10.0. The van der Waals surface area contributed by atoms with Gasteiger partial charge < -0.3 is 19.3 Å². The van der Waals surface area contributed by atoms with Gasteiger partial charge in [-0.3, -0.25) is 0 Å². The van der Waals surface area contributed by atoms with E-state index in [2.05, 4.69) is 352 Å². The number of nitrogens with zero attached hydrogens (tertiary/aromatic N) is 4. The van der Waals surface area contributed by atoms with Crippen molar-refractivity contribution in [1.29, 1.82) is 0 Å². The minimum absolute atomic E-state index is 0.357. The number of hydrogen-bond donors (Lipinski definition) is 0. The molecule has 11 rings (SSSR count). The molecule has 1 aliphatic heterocycles. The molecule has 0 amide bonds. The Hall–Kier alpha value is -11.5. The van der Waals surface area contributed by atoms with Crippen molar-refractivity contribution in [3.63, 3.8) is 0 Å². The highest BCUT2D eigenvalue weighted by atomic mass is 15.2. The van der Waals surface area contributed by atoms with E-state index in [9.17, 15) is 0 Å². The van der Waals surface area contributed by atoms with E-state index in [0.717, 1.165) is 53.3 Å². The number of hydrogen-bond acceptors (Lipinski definition) is 3. The first-order valence-electron chi connectivity index (χ1n) is 51.2. The quantitative estimate of drug-likeness (QED) is 0.0750. The van der Waals surface area contributed by atoms with Crippen LogP contribution in [-0.4, -0.2) is 17.2 Å². The fourth-order valence-corrected chi connectivity index (χ4v) is 10.7. The van der Waals surface area contributed by atoms with Gasteiger partial charge in [0.05, 0.1) is 17.1 Å². The van der Waals surface area contributed by atoms with Crippen LogP contribution in [0.4, 0.5) is 28.4 Å². The van der Waals surface area contributed by atoms with E-state index in [-0.39, 0.29) is 0 Å². The summed E-state index contributed by atoms with van der Waals surface area (Å²) in [5.41, 5.74) is 17.4. The highest BCUT2D eigenvalue weighted by molar-refractivity contribution is 6.09. The molecule has 0 saturated carbocycles. The molecule has 0 fully saturated rings. The van der Waals surface area contributed by atoms with Crippen molar-refractivity contribution in [2.45, 2.75) is 310 Å². The Labute approximate surface area is 822 Å². The largest absolute Gasteiger partial charge is 0.338 e. The minimum Gasteiger partial charge on any atom is -0.338 e. The minimum atomic E-state index is 0.357. The fraction of sp³-hybridized carbons (Fsp3) is 0.359. The summed E-state index contributed by atoms with van der Waals surface area (Å²) in [6.45, 7) is 108.